The van der Waals surface area contributed by atoms with E-state index in [1.54, 1.807) is 0 Å². The zero-order valence-corrected chi connectivity index (χ0v) is 10.4. The fourth-order valence-electron chi connectivity index (χ4n) is 1.35. The molecule has 1 aromatic heterocycles. The van der Waals surface area contributed by atoms with Crippen LogP contribution in [0.2, 0.25) is 10.2 Å². The van der Waals surface area contributed by atoms with E-state index in [0.717, 1.165) is 6.07 Å². The van der Waals surface area contributed by atoms with Crippen molar-refractivity contribution in [3.63, 3.8) is 0 Å². The molecule has 4 N–H and O–H groups in total. The Labute approximate surface area is 112 Å². The van der Waals surface area contributed by atoms with E-state index < -0.39 is 11.7 Å². The molecule has 0 spiro atoms. The summed E-state index contributed by atoms with van der Waals surface area (Å²) >= 11 is 11.4. The van der Waals surface area contributed by atoms with Crippen molar-refractivity contribution in [2.75, 3.05) is 11.1 Å². The standard InChI is InChI=1S/C11H8Cl2FN3O/c12-6-4-9(16-10(6)13)11(18)17-8-3-5(14)1-2-7(8)15/h1-4,16H,15H2,(H,17,18). The molecule has 0 unspecified atom stereocenters. The highest BCUT2D eigenvalue weighted by Crippen LogP contribution is 2.24. The fourth-order valence-corrected chi connectivity index (χ4v) is 1.67. The molecule has 0 saturated carbocycles. The lowest BCUT2D eigenvalue weighted by atomic mass is 10.2. The van der Waals surface area contributed by atoms with Gasteiger partial charge >= 0.3 is 0 Å². The van der Waals surface area contributed by atoms with Crippen LogP contribution in [0.25, 0.3) is 0 Å². The van der Waals surface area contributed by atoms with Crippen molar-refractivity contribution in [3.8, 4) is 0 Å². The van der Waals surface area contributed by atoms with Gasteiger partial charge in [-0.3, -0.25) is 4.79 Å². The first kappa shape index (κ1) is 12.7. The van der Waals surface area contributed by atoms with Gasteiger partial charge in [0.05, 0.1) is 16.4 Å². The lowest BCUT2D eigenvalue weighted by Gasteiger charge is -2.06. The van der Waals surface area contributed by atoms with Crippen LogP contribution in [0.1, 0.15) is 10.5 Å². The summed E-state index contributed by atoms with van der Waals surface area (Å²) in [6, 6.07) is 5.06. The molecule has 0 atom stereocenters. The van der Waals surface area contributed by atoms with E-state index in [0.29, 0.717) is 0 Å². The molecule has 7 heteroatoms. The molecule has 0 fully saturated rings. The molecule has 0 aliphatic carbocycles. The number of rotatable bonds is 2. The van der Waals surface area contributed by atoms with Gasteiger partial charge in [0.1, 0.15) is 16.7 Å². The second-order valence-corrected chi connectivity index (χ2v) is 4.32. The van der Waals surface area contributed by atoms with E-state index in [9.17, 15) is 9.18 Å². The average Bonchev–Trinajstić information content (AvgIpc) is 2.64. The van der Waals surface area contributed by atoms with Crippen LogP contribution in [-0.4, -0.2) is 10.9 Å². The summed E-state index contributed by atoms with van der Waals surface area (Å²) in [4.78, 5) is 14.4. The molecular formula is C11H8Cl2FN3O. The van der Waals surface area contributed by atoms with Gasteiger partial charge in [-0.05, 0) is 24.3 Å². The van der Waals surface area contributed by atoms with Crippen LogP contribution in [-0.2, 0) is 0 Å². The van der Waals surface area contributed by atoms with Crippen LogP contribution in [0.3, 0.4) is 0 Å². The lowest BCUT2D eigenvalue weighted by Crippen LogP contribution is -2.13. The number of aromatic nitrogens is 1. The first-order valence-electron chi connectivity index (χ1n) is 4.88. The molecule has 0 radical (unpaired) electrons. The third-order valence-electron chi connectivity index (χ3n) is 2.23. The van der Waals surface area contributed by atoms with Crippen molar-refractivity contribution in [2.45, 2.75) is 0 Å². The Morgan fingerprint density at radius 1 is 1.33 bits per heavy atom. The first-order valence-corrected chi connectivity index (χ1v) is 5.63. The topological polar surface area (TPSA) is 70.9 Å². The smallest absolute Gasteiger partial charge is 0.272 e. The SMILES string of the molecule is Nc1ccc(F)cc1NC(=O)c1cc(Cl)c(Cl)[nH]1. The highest BCUT2D eigenvalue weighted by Gasteiger charge is 2.13. The predicted molar refractivity (Wildman–Crippen MR) is 69.6 cm³/mol. The third kappa shape index (κ3) is 2.57. The maximum atomic E-state index is 13.0. The molecular weight excluding hydrogens is 280 g/mol. The van der Waals surface area contributed by atoms with Gasteiger partial charge in [-0.2, -0.15) is 0 Å². The van der Waals surface area contributed by atoms with Crippen molar-refractivity contribution in [2.24, 2.45) is 0 Å². The number of nitrogens with one attached hydrogen (secondary N) is 2. The van der Waals surface area contributed by atoms with Crippen LogP contribution in [0.15, 0.2) is 24.3 Å². The number of benzene rings is 1. The van der Waals surface area contributed by atoms with Crippen LogP contribution >= 0.6 is 23.2 Å². The molecule has 2 aromatic rings. The van der Waals surface area contributed by atoms with Gasteiger partial charge in [0.15, 0.2) is 0 Å². The van der Waals surface area contributed by atoms with Gasteiger partial charge in [-0.15, -0.1) is 0 Å². The number of amides is 1. The summed E-state index contributed by atoms with van der Waals surface area (Å²) in [5.74, 6) is -1.01. The number of nitrogen functional groups attached to an aromatic ring is 1. The number of H-pyrrole nitrogens is 1. The highest BCUT2D eigenvalue weighted by atomic mass is 35.5. The van der Waals surface area contributed by atoms with Gasteiger partial charge in [0.2, 0.25) is 0 Å². The second-order valence-electron chi connectivity index (χ2n) is 3.53. The van der Waals surface area contributed by atoms with Gasteiger partial charge in [0.25, 0.3) is 5.91 Å². The zero-order valence-electron chi connectivity index (χ0n) is 8.93. The van der Waals surface area contributed by atoms with Crippen molar-refractivity contribution in [3.05, 3.63) is 46.0 Å². The van der Waals surface area contributed by atoms with E-state index in [-0.39, 0.29) is 27.2 Å². The van der Waals surface area contributed by atoms with Crippen molar-refractivity contribution in [1.82, 2.24) is 4.98 Å². The van der Waals surface area contributed by atoms with Gasteiger partial charge in [-0.1, -0.05) is 23.2 Å². The maximum Gasteiger partial charge on any atom is 0.272 e. The van der Waals surface area contributed by atoms with E-state index in [1.807, 2.05) is 0 Å². The average molecular weight is 288 g/mol. The lowest BCUT2D eigenvalue weighted by molar-refractivity contribution is 0.102. The highest BCUT2D eigenvalue weighted by molar-refractivity contribution is 6.41. The number of nitrogens with two attached hydrogens (primary N) is 1. The molecule has 1 aromatic carbocycles. The van der Waals surface area contributed by atoms with Crippen LogP contribution < -0.4 is 11.1 Å². The number of hydrogen-bond donors (Lipinski definition) is 3. The minimum atomic E-state index is -0.513. The minimum absolute atomic E-state index is 0.161. The third-order valence-corrected chi connectivity index (χ3v) is 2.93. The van der Waals surface area contributed by atoms with E-state index in [4.69, 9.17) is 28.9 Å². The van der Waals surface area contributed by atoms with E-state index in [1.165, 1.54) is 18.2 Å². The number of hydrogen-bond acceptors (Lipinski definition) is 2. The Kier molecular flexibility index (Phi) is 3.45. The van der Waals surface area contributed by atoms with Crippen molar-refractivity contribution >= 4 is 40.5 Å². The Morgan fingerprint density at radius 2 is 2.06 bits per heavy atom. The number of carbonyl (C=O) groups is 1. The second kappa shape index (κ2) is 4.88. The number of halogens is 3. The largest absolute Gasteiger partial charge is 0.397 e. The summed E-state index contributed by atoms with van der Waals surface area (Å²) in [6.07, 6.45) is 0. The molecule has 1 heterocycles. The molecule has 18 heavy (non-hydrogen) atoms. The Balaban J connectivity index is 2.23. The maximum absolute atomic E-state index is 13.0. The predicted octanol–water partition coefficient (Wildman–Crippen LogP) is 3.30. The van der Waals surface area contributed by atoms with Gasteiger partial charge in [0, 0.05) is 0 Å². The number of aromatic amines is 1. The molecule has 1 amide bonds. The first-order chi connectivity index (χ1) is 8.47. The summed E-state index contributed by atoms with van der Waals surface area (Å²) in [7, 11) is 0. The van der Waals surface area contributed by atoms with Crippen molar-refractivity contribution in [1.29, 1.82) is 0 Å². The van der Waals surface area contributed by atoms with Crippen LogP contribution in [0.5, 0.6) is 0 Å². The van der Waals surface area contributed by atoms with Crippen molar-refractivity contribution < 1.29 is 9.18 Å². The number of carbonyl (C=O) groups excluding carboxylic acids is 1. The fraction of sp³-hybridized carbons (Fsp3) is 0. The monoisotopic (exact) mass is 287 g/mol. The quantitative estimate of drug-likeness (QED) is 0.742. The Morgan fingerprint density at radius 3 is 2.67 bits per heavy atom. The van der Waals surface area contributed by atoms with E-state index in [2.05, 4.69) is 10.3 Å². The Bertz CT molecular complexity index is 593. The molecule has 4 nitrogen and oxygen atoms in total. The van der Waals surface area contributed by atoms with E-state index >= 15 is 0 Å². The van der Waals surface area contributed by atoms with Crippen LogP contribution in [0, 0.1) is 5.82 Å². The van der Waals surface area contributed by atoms with Gasteiger partial charge in [-0.25, -0.2) is 4.39 Å². The molecule has 2 rings (SSSR count). The summed E-state index contributed by atoms with van der Waals surface area (Å²) < 4.78 is 13.0. The zero-order chi connectivity index (χ0) is 13.3. The normalized spacial score (nSPS) is 10.4. The molecule has 94 valence electrons. The molecule has 0 aliphatic rings. The summed E-state index contributed by atoms with van der Waals surface area (Å²) in [5, 5.41) is 2.85. The summed E-state index contributed by atoms with van der Waals surface area (Å²) in [5.41, 5.74) is 6.21. The molecule has 0 aliphatic heterocycles. The molecule has 0 bridgehead atoms. The Hall–Kier alpha value is -1.72. The minimum Gasteiger partial charge on any atom is -0.397 e. The van der Waals surface area contributed by atoms with Crippen LogP contribution in [0.4, 0.5) is 15.8 Å². The molecule has 0 saturated heterocycles. The number of anilines is 2. The van der Waals surface area contributed by atoms with Gasteiger partial charge < -0.3 is 16.0 Å². The summed E-state index contributed by atoms with van der Waals surface area (Å²) in [6.45, 7) is 0.